The van der Waals surface area contributed by atoms with Gasteiger partial charge in [-0.05, 0) is 217 Å². The van der Waals surface area contributed by atoms with Gasteiger partial charge in [-0.25, -0.2) is 48.8 Å². The number of carbonyl (C=O) groups is 6. The van der Waals surface area contributed by atoms with E-state index in [-0.39, 0.29) is 41.8 Å². The molecule has 6 aromatic carbocycles. The van der Waals surface area contributed by atoms with Crippen molar-refractivity contribution in [3.8, 4) is 17.2 Å². The molecule has 0 bridgehead atoms. The highest BCUT2D eigenvalue weighted by molar-refractivity contribution is 7.90. The van der Waals surface area contributed by atoms with Crippen LogP contribution in [0.1, 0.15) is 144 Å². The van der Waals surface area contributed by atoms with Gasteiger partial charge in [-0.1, -0.05) is 95.5 Å². The van der Waals surface area contributed by atoms with Gasteiger partial charge in [-0.15, -0.1) is 0 Å². The first kappa shape index (κ1) is 91.6. The fraction of sp³-hybridized carbons (Fsp3) is 0.279. The summed E-state index contributed by atoms with van der Waals surface area (Å²) >= 11 is 18.7. The van der Waals surface area contributed by atoms with E-state index >= 15 is 0 Å². The largest absolute Gasteiger partial charge is 0.494 e. The maximum absolute atomic E-state index is 13.3. The lowest BCUT2D eigenvalue weighted by molar-refractivity contribution is 0.0941. The SMILES string of the molecule is Cc1cc(OCCCc2c(C(=O)NS(=O)(=O)CCNC(=O)c3cc(C)n(C)c3C)[nH]c3ccccc23)cc(C)c1Cl.Cc1cc(OCCCc2c(C(=O)NS(=O)(=O)CCNC(=O)c3cc(F)cc(F)n3)[nH]c3ccccc23)cc(C)c1Cl.Cc1cc(OCCCc2c(C(=O)NS(=O)(=O)CCNC(=O)c3ccccn3)[nH]c3ccccc23)cc(C)c1Cl. The van der Waals surface area contributed by atoms with Gasteiger partial charge in [-0.2, -0.15) is 4.39 Å². The molecule has 0 saturated carbocycles. The van der Waals surface area contributed by atoms with E-state index in [4.69, 9.17) is 49.0 Å². The van der Waals surface area contributed by atoms with Crippen LogP contribution in [0, 0.1) is 67.2 Å². The minimum Gasteiger partial charge on any atom is -0.494 e. The van der Waals surface area contributed by atoms with Gasteiger partial charge in [0.2, 0.25) is 36.0 Å². The van der Waals surface area contributed by atoms with Crippen LogP contribution < -0.4 is 44.3 Å². The van der Waals surface area contributed by atoms with Crippen LogP contribution in [0.2, 0.25) is 15.1 Å². The zero-order valence-corrected chi connectivity index (χ0v) is 72.3. The van der Waals surface area contributed by atoms with Crippen molar-refractivity contribution in [1.82, 2.24) is 59.6 Å². The Bertz CT molecular complexity index is 6150. The van der Waals surface area contributed by atoms with Gasteiger partial charge in [0.05, 0.1) is 42.6 Å². The van der Waals surface area contributed by atoms with Gasteiger partial charge in [0.25, 0.3) is 35.4 Å². The predicted molar refractivity (Wildman–Crippen MR) is 463 cm³/mol. The average Bonchev–Trinajstić information content (AvgIpc) is 1.65. The first-order valence-corrected chi connectivity index (χ1v) is 44.4. The molecule has 638 valence electrons. The monoisotopic (exact) mass is 1770 g/mol. The van der Waals surface area contributed by atoms with Crippen LogP contribution in [0.3, 0.4) is 0 Å². The zero-order chi connectivity index (χ0) is 87.6. The van der Waals surface area contributed by atoms with E-state index in [9.17, 15) is 62.8 Å². The summed E-state index contributed by atoms with van der Waals surface area (Å²) in [5.41, 5.74) is 12.0. The number of fused-ring (bicyclic) bond motifs is 3. The molecule has 0 fully saturated rings. The highest BCUT2D eigenvalue weighted by Gasteiger charge is 2.28. The lowest BCUT2D eigenvalue weighted by Crippen LogP contribution is -2.38. The zero-order valence-electron chi connectivity index (χ0n) is 67.6. The molecule has 0 unspecified atom stereocenters. The van der Waals surface area contributed by atoms with Crippen LogP contribution in [0.4, 0.5) is 8.78 Å². The van der Waals surface area contributed by atoms with E-state index in [1.165, 1.54) is 12.3 Å². The second kappa shape index (κ2) is 41.1. The Labute approximate surface area is 714 Å². The Morgan fingerprint density at radius 1 is 0.421 bits per heavy atom. The summed E-state index contributed by atoms with van der Waals surface area (Å²) in [6.07, 6.45) is 4.59. The Morgan fingerprint density at radius 3 is 1.07 bits per heavy atom. The molecule has 0 spiro atoms. The molecule has 121 heavy (non-hydrogen) atoms. The fourth-order valence-electron chi connectivity index (χ4n) is 13.3. The van der Waals surface area contributed by atoms with Crippen molar-refractivity contribution in [1.29, 1.82) is 0 Å². The molecule has 0 saturated heterocycles. The van der Waals surface area contributed by atoms with Crippen LogP contribution in [-0.4, -0.2) is 147 Å². The normalized spacial score (nSPS) is 11.5. The second-order valence-electron chi connectivity index (χ2n) is 28.6. The molecule has 12 aromatic rings. The minimum atomic E-state index is -4.19. The average molecular weight is 1770 g/mol. The van der Waals surface area contributed by atoms with Crippen molar-refractivity contribution in [3.63, 3.8) is 0 Å². The molecule has 6 heterocycles. The van der Waals surface area contributed by atoms with E-state index < -0.39 is 101 Å². The predicted octanol–water partition coefficient (Wildman–Crippen LogP) is 13.8. The van der Waals surface area contributed by atoms with Gasteiger partial charge in [0.15, 0.2) is 0 Å². The number of ether oxygens (including phenoxy) is 3. The third-order valence-corrected chi connectivity index (χ3v) is 25.0. The quantitative estimate of drug-likeness (QED) is 0.0136. The first-order valence-electron chi connectivity index (χ1n) is 38.3. The van der Waals surface area contributed by atoms with Crippen molar-refractivity contribution < 1.29 is 77.0 Å². The number of hydrogen-bond acceptors (Lipinski definition) is 17. The molecule has 0 aliphatic heterocycles. The second-order valence-corrected chi connectivity index (χ2v) is 35.3. The van der Waals surface area contributed by atoms with E-state index in [2.05, 4.69) is 50.3 Å². The first-order chi connectivity index (χ1) is 57.4. The van der Waals surface area contributed by atoms with Crippen molar-refractivity contribution in [3.05, 3.63) is 274 Å². The van der Waals surface area contributed by atoms with Gasteiger partial charge in [0.1, 0.15) is 51.5 Å². The van der Waals surface area contributed by atoms with Gasteiger partial charge >= 0.3 is 0 Å². The Balaban J connectivity index is 0.000000191. The number of nitrogens with zero attached hydrogens (tertiary/aromatic N) is 3. The Hall–Kier alpha value is -11.7. The number of pyridine rings is 2. The molecule has 0 radical (unpaired) electrons. The van der Waals surface area contributed by atoms with Crippen molar-refractivity contribution in [2.45, 2.75) is 93.9 Å². The van der Waals surface area contributed by atoms with E-state index in [1.807, 2.05) is 169 Å². The summed E-state index contributed by atoms with van der Waals surface area (Å²) in [5.74, 6) is -5.85. The summed E-state index contributed by atoms with van der Waals surface area (Å²) in [5, 5.41) is 11.9. The third-order valence-electron chi connectivity index (χ3n) is 19.5. The number of nitrogens with one attached hydrogen (secondary N) is 9. The number of halogens is 5. The number of aromatic nitrogens is 6. The molecular weight excluding hydrogens is 1680 g/mol. The maximum atomic E-state index is 13.3. The maximum Gasteiger partial charge on any atom is 0.281 e. The molecule has 12 rings (SSSR count). The third kappa shape index (κ3) is 24.8. The van der Waals surface area contributed by atoms with Gasteiger partial charge < -0.3 is 49.7 Å². The number of carbonyl (C=O) groups excluding carboxylic acids is 6. The number of aryl methyl sites for hydroxylation is 10. The standard InChI is InChI=1S/C30H35ClN4O5S.C28H27ClF2N4O5S.C28H29ClN4O5S/c1-18-15-22(16-19(2)27(18)31)40-13-8-10-24-23-9-6-7-11-26(23)33-28(24)30(37)34-41(38,39)14-12-32-29(36)25-17-20(3)35(5)21(25)4;1-16-12-19(13-17(2)25(16)29)40-10-5-7-21-20-6-3-4-8-22(20)34-26(21)28(37)35-41(38,39)11-9-32-27(36)23-14-18(30)15-24(31)33-23;1-18-16-20(17-19(2)25(18)29)38-14-7-9-22-21-8-3-4-10-23(21)32-26(22)28(35)33-39(36,37)15-13-31-27(34)24-11-5-6-12-30-24/h6-7,9,11,15-17,33H,8,10,12-14H2,1-5H3,(H,32,36)(H,34,37);3-4,6,8,12-15,34H,5,7,9-11H2,1-2H3,(H,32,36)(H,35,37);3-6,8,10-12,16-17,32H,7,9,13-15H2,1-2H3,(H,31,34)(H,33,35). The number of H-pyrrole nitrogens is 3. The molecule has 6 amide bonds. The topological polar surface area (TPSA) is 383 Å². The van der Waals surface area contributed by atoms with Gasteiger partial charge in [0, 0.05) is 104 Å². The molecular formula is C86H91Cl3F2N12O15S3. The van der Waals surface area contributed by atoms with Crippen molar-refractivity contribution in [2.24, 2.45) is 7.05 Å². The van der Waals surface area contributed by atoms with Crippen LogP contribution in [-0.2, 0) is 56.4 Å². The highest BCUT2D eigenvalue weighted by Crippen LogP contribution is 2.32. The molecule has 0 atom stereocenters. The summed E-state index contributed by atoms with van der Waals surface area (Å²) in [7, 11) is -10.4. The summed E-state index contributed by atoms with van der Waals surface area (Å²) in [6.45, 7) is 15.6. The lowest BCUT2D eigenvalue weighted by atomic mass is 10.1. The molecule has 6 aromatic heterocycles. The van der Waals surface area contributed by atoms with E-state index in [0.717, 1.165) is 77.7 Å². The number of amides is 6. The molecule has 9 N–H and O–H groups in total. The summed E-state index contributed by atoms with van der Waals surface area (Å²) < 4.78 is 128. The van der Waals surface area contributed by atoms with Crippen molar-refractivity contribution >= 4 is 133 Å². The number of aromatic amines is 3. The summed E-state index contributed by atoms with van der Waals surface area (Å²) in [6, 6.07) is 41.1. The smallest absolute Gasteiger partial charge is 0.281 e. The molecule has 27 nitrogen and oxygen atoms in total. The number of sulfonamides is 3. The van der Waals surface area contributed by atoms with E-state index in [0.29, 0.717) is 125 Å². The number of benzene rings is 6. The van der Waals surface area contributed by atoms with Crippen LogP contribution in [0.25, 0.3) is 32.7 Å². The number of para-hydroxylation sites is 3. The minimum absolute atomic E-state index is 0.0939. The van der Waals surface area contributed by atoms with Crippen LogP contribution in [0.15, 0.2) is 152 Å². The van der Waals surface area contributed by atoms with Crippen LogP contribution >= 0.6 is 34.8 Å². The lowest BCUT2D eigenvalue weighted by Gasteiger charge is -2.11. The summed E-state index contributed by atoms with van der Waals surface area (Å²) in [4.78, 5) is 92.3. The van der Waals surface area contributed by atoms with Crippen LogP contribution in [0.5, 0.6) is 17.2 Å². The number of hydrogen-bond donors (Lipinski definition) is 9. The van der Waals surface area contributed by atoms with Gasteiger partial charge in [-0.3, -0.25) is 33.8 Å². The van der Waals surface area contributed by atoms with E-state index in [1.54, 1.807) is 30.3 Å². The Kier molecular flexibility index (Phi) is 31.1. The number of rotatable bonds is 33. The van der Waals surface area contributed by atoms with Crippen molar-refractivity contribution in [2.75, 3.05) is 56.7 Å². The molecule has 0 aliphatic carbocycles. The molecule has 0 aliphatic rings. The Morgan fingerprint density at radius 2 is 0.752 bits per heavy atom. The molecule has 35 heteroatoms. The fourth-order valence-corrected chi connectivity index (χ4v) is 16.2. The highest BCUT2D eigenvalue weighted by atomic mass is 35.5.